The number of nitriles is 1. The van der Waals surface area contributed by atoms with Gasteiger partial charge in [0.15, 0.2) is 5.82 Å². The second-order valence-electron chi connectivity index (χ2n) is 14.4. The van der Waals surface area contributed by atoms with E-state index in [2.05, 4.69) is 26.4 Å². The van der Waals surface area contributed by atoms with E-state index in [9.17, 15) is 14.4 Å². The number of fused-ring (bicyclic) bond motifs is 3. The zero-order valence-electron chi connectivity index (χ0n) is 29.1. The number of nitrogens with zero attached hydrogens (tertiary/aromatic N) is 8. The van der Waals surface area contributed by atoms with Crippen LogP contribution in [0, 0.1) is 23.0 Å². The number of halogens is 3. The molecule has 53 heavy (non-hydrogen) atoms. The maximum absolute atomic E-state index is 17.2. The number of anilines is 2. The molecule has 0 aliphatic carbocycles. The highest BCUT2D eigenvalue weighted by molar-refractivity contribution is 7.23. The molecule has 1 spiro atoms. The highest BCUT2D eigenvalue weighted by Crippen LogP contribution is 2.47. The Morgan fingerprint density at radius 1 is 1.23 bits per heavy atom. The summed E-state index contributed by atoms with van der Waals surface area (Å²) < 4.78 is 38.8. The number of amidine groups is 1. The summed E-state index contributed by atoms with van der Waals surface area (Å²) in [6, 6.07) is 5.87. The molecule has 4 aromatic rings. The number of aromatic nitrogens is 2. The summed E-state index contributed by atoms with van der Waals surface area (Å²) in [5, 5.41) is 10.6. The third kappa shape index (κ3) is 5.75. The summed E-state index contributed by atoms with van der Waals surface area (Å²) in [7, 11) is 0. The monoisotopic (exact) mass is 758 g/mol. The Balaban J connectivity index is 1.24. The maximum atomic E-state index is 17.2. The smallest absolute Gasteiger partial charge is 0.345 e. The lowest BCUT2D eigenvalue weighted by molar-refractivity contribution is 0.108. The number of hydrogen-bond acceptors (Lipinski definition) is 9. The number of likely N-dealkylation sites (tertiary alicyclic amines) is 1. The van der Waals surface area contributed by atoms with Gasteiger partial charge in [-0.15, -0.1) is 11.3 Å². The summed E-state index contributed by atoms with van der Waals surface area (Å²) in [5.41, 5.74) is 12.1. The van der Waals surface area contributed by atoms with Gasteiger partial charge in [-0.05, 0) is 69.7 Å². The number of nitrogen functional groups attached to an aromatic ring is 1. The molecule has 16 heteroatoms. The standard InChI is InChI=1S/C37H37ClF2N10O2S/c1-20-14-37(8-3-10-49(37)16-20)18-52-34-46-30-23(13-25(38)28(29(30)40)22-5-6-26(39)31-27(22)24(15-41)32(43)53-31)33(47-34)48-12-9-36(17-48)7-4-11-50(36)35(51)45-21(2)44-19-42/h5-6,13,19H,1,3-4,7-12,14,16-18,43H2,2H3,(H2,42,44,45,51)/t36-,37-/m0/s1. The number of urea groups is 1. The molecule has 0 radical (unpaired) electrons. The molecule has 2 aromatic carbocycles. The maximum Gasteiger partial charge on any atom is 0.345 e. The summed E-state index contributed by atoms with van der Waals surface area (Å²) in [6.45, 7) is 9.34. The molecule has 4 saturated heterocycles. The van der Waals surface area contributed by atoms with Gasteiger partial charge in [0, 0.05) is 42.5 Å². The van der Waals surface area contributed by atoms with Crippen LogP contribution in [-0.2, 0) is 0 Å². The van der Waals surface area contributed by atoms with Crippen LogP contribution < -0.4 is 21.1 Å². The number of aliphatic imine (C=N–C) groups is 2. The molecule has 4 fully saturated rings. The van der Waals surface area contributed by atoms with Gasteiger partial charge in [0.25, 0.3) is 0 Å². The lowest BCUT2D eigenvalue weighted by atomic mass is 9.94. The molecule has 2 aromatic heterocycles. The third-order valence-electron chi connectivity index (χ3n) is 11.2. The zero-order chi connectivity index (χ0) is 37.2. The van der Waals surface area contributed by atoms with Gasteiger partial charge in [0.1, 0.15) is 40.7 Å². The Bertz CT molecular complexity index is 2320. The van der Waals surface area contributed by atoms with E-state index in [4.69, 9.17) is 32.8 Å². The summed E-state index contributed by atoms with van der Waals surface area (Å²) in [4.78, 5) is 37.2. The van der Waals surface area contributed by atoms with Crippen LogP contribution in [0.25, 0.3) is 32.1 Å². The van der Waals surface area contributed by atoms with Crippen LogP contribution in [0.3, 0.4) is 0 Å². The van der Waals surface area contributed by atoms with Crippen molar-refractivity contribution in [1.82, 2.24) is 19.8 Å². The number of carbonyl (C=O) groups excluding carboxylic acids is 1. The molecule has 0 saturated carbocycles. The lowest BCUT2D eigenvalue weighted by Gasteiger charge is -2.34. The van der Waals surface area contributed by atoms with E-state index in [0.29, 0.717) is 43.9 Å². The highest BCUT2D eigenvalue weighted by atomic mass is 35.5. The largest absolute Gasteiger partial charge is 0.461 e. The molecule has 4 aliphatic rings. The van der Waals surface area contributed by atoms with E-state index in [1.165, 1.54) is 12.1 Å². The van der Waals surface area contributed by atoms with Crippen molar-refractivity contribution in [3.63, 3.8) is 0 Å². The average Bonchev–Trinajstić information content (AvgIpc) is 3.94. The normalized spacial score (nSPS) is 23.4. The van der Waals surface area contributed by atoms with Crippen LogP contribution in [0.4, 0.5) is 24.4 Å². The van der Waals surface area contributed by atoms with E-state index in [0.717, 1.165) is 68.4 Å². The van der Waals surface area contributed by atoms with E-state index < -0.39 is 23.2 Å². The number of benzene rings is 2. The first kappa shape index (κ1) is 35.1. The first-order valence-electron chi connectivity index (χ1n) is 17.5. The van der Waals surface area contributed by atoms with Crippen LogP contribution in [0.1, 0.15) is 51.0 Å². The molecule has 4 N–H and O–H groups in total. The van der Waals surface area contributed by atoms with Gasteiger partial charge < -0.3 is 26.0 Å². The van der Waals surface area contributed by atoms with Crippen molar-refractivity contribution < 1.29 is 18.3 Å². The Morgan fingerprint density at radius 2 is 2.04 bits per heavy atom. The predicted molar refractivity (Wildman–Crippen MR) is 204 cm³/mol. The highest BCUT2D eigenvalue weighted by Gasteiger charge is 2.49. The molecule has 8 rings (SSSR count). The minimum Gasteiger partial charge on any atom is -0.461 e. The van der Waals surface area contributed by atoms with Crippen molar-refractivity contribution in [3.05, 3.63) is 52.6 Å². The molecule has 0 unspecified atom stereocenters. The number of ether oxygens (including phenoxy) is 1. The molecular weight excluding hydrogens is 722 g/mol. The van der Waals surface area contributed by atoms with Gasteiger partial charge in [-0.25, -0.2) is 18.6 Å². The minimum absolute atomic E-state index is 0.000305. The van der Waals surface area contributed by atoms with Gasteiger partial charge in [0.2, 0.25) is 0 Å². The minimum atomic E-state index is -0.769. The third-order valence-corrected chi connectivity index (χ3v) is 12.5. The number of rotatable bonds is 5. The first-order valence-corrected chi connectivity index (χ1v) is 18.7. The Morgan fingerprint density at radius 3 is 2.83 bits per heavy atom. The molecule has 2 atom stereocenters. The van der Waals surface area contributed by atoms with Crippen LogP contribution in [0.2, 0.25) is 5.02 Å². The SMILES string of the molecule is C=C1CN2CCC[C@@]2(COc2nc(N3CC[C@@]4(CCCN4C(=O)/N=C(\C)N=CN)C3)c3cc(Cl)c(-c4ccc(F)c5sc(N)c(C#N)c45)c(F)c3n2)C1. The molecule has 0 bridgehead atoms. The van der Waals surface area contributed by atoms with Gasteiger partial charge >= 0.3 is 12.0 Å². The molecule has 12 nitrogen and oxygen atoms in total. The van der Waals surface area contributed by atoms with E-state index in [-0.39, 0.29) is 59.7 Å². The predicted octanol–water partition coefficient (Wildman–Crippen LogP) is 6.64. The molecule has 6 heterocycles. The summed E-state index contributed by atoms with van der Waals surface area (Å²) in [6.07, 6.45) is 6.05. The Kier molecular flexibility index (Phi) is 8.74. The molecule has 274 valence electrons. The number of nitrogens with two attached hydrogens (primary N) is 2. The van der Waals surface area contributed by atoms with Crippen LogP contribution >= 0.6 is 22.9 Å². The van der Waals surface area contributed by atoms with Crippen molar-refractivity contribution in [1.29, 1.82) is 5.26 Å². The number of thiophene rings is 1. The van der Waals surface area contributed by atoms with Crippen molar-refractivity contribution in [2.45, 2.75) is 56.5 Å². The van der Waals surface area contributed by atoms with E-state index in [1.54, 1.807) is 17.9 Å². The molecule has 4 aliphatic heterocycles. The number of carbonyl (C=O) groups is 1. The van der Waals surface area contributed by atoms with E-state index >= 15 is 4.39 Å². The van der Waals surface area contributed by atoms with E-state index in [1.807, 2.05) is 11.0 Å². The lowest BCUT2D eigenvalue weighted by Crippen LogP contribution is -2.48. The quantitative estimate of drug-likeness (QED) is 0.129. The molecular formula is C37H37ClF2N10O2S. The first-order chi connectivity index (χ1) is 25.5. The Hall–Kier alpha value is -4.91. The summed E-state index contributed by atoms with van der Waals surface area (Å²) in [5.74, 6) is -0.672. The fraction of sp³-hybridized carbons (Fsp3) is 0.405. The topological polar surface area (TPSA) is 162 Å². The van der Waals surface area contributed by atoms with Gasteiger partial charge in [-0.3, -0.25) is 4.90 Å². The van der Waals surface area contributed by atoms with Crippen molar-refractivity contribution in [2.24, 2.45) is 15.7 Å². The molecule has 2 amide bonds. The Labute approximate surface area is 313 Å². The average molecular weight is 759 g/mol. The number of hydrogen-bond donors (Lipinski definition) is 2. The van der Waals surface area contributed by atoms with Crippen LogP contribution in [0.15, 0.2) is 40.3 Å². The summed E-state index contributed by atoms with van der Waals surface area (Å²) >= 11 is 7.86. The van der Waals surface area contributed by atoms with Gasteiger partial charge in [-0.2, -0.15) is 20.2 Å². The van der Waals surface area contributed by atoms with Crippen LogP contribution in [-0.4, -0.2) is 88.4 Å². The fourth-order valence-corrected chi connectivity index (χ4v) is 10.1. The van der Waals surface area contributed by atoms with Crippen molar-refractivity contribution >= 4 is 73.0 Å². The van der Waals surface area contributed by atoms with Gasteiger partial charge in [-0.1, -0.05) is 29.8 Å². The van der Waals surface area contributed by atoms with Crippen molar-refractivity contribution in [3.8, 4) is 23.2 Å². The number of amides is 2. The van der Waals surface area contributed by atoms with Crippen LogP contribution in [0.5, 0.6) is 6.01 Å². The van der Waals surface area contributed by atoms with Gasteiger partial charge in [0.05, 0.1) is 32.7 Å². The van der Waals surface area contributed by atoms with Crippen molar-refractivity contribution in [2.75, 3.05) is 50.0 Å². The zero-order valence-corrected chi connectivity index (χ0v) is 30.7. The fourth-order valence-electron chi connectivity index (χ4n) is 8.90. The second kappa shape index (κ2) is 13.2. The second-order valence-corrected chi connectivity index (χ2v) is 15.8.